The number of halogens is 3. The smallest absolute Gasteiger partial charge is 0.378 e. The normalized spacial score (nSPS) is 14.4. The molecule has 2 aromatic rings. The van der Waals surface area contributed by atoms with Gasteiger partial charge in [0.15, 0.2) is 0 Å². The minimum atomic E-state index is -4.53. The van der Waals surface area contributed by atoms with Crippen LogP contribution in [0.25, 0.3) is 0 Å². The van der Waals surface area contributed by atoms with Crippen molar-refractivity contribution in [2.75, 3.05) is 42.3 Å². The molecule has 1 N–H and O–H groups in total. The number of carbonyl (C=O) groups is 1. The fourth-order valence-corrected chi connectivity index (χ4v) is 3.59. The second-order valence-corrected chi connectivity index (χ2v) is 7.47. The molecule has 7 nitrogen and oxygen atoms in total. The lowest BCUT2D eigenvalue weighted by molar-refractivity contribution is -0.384. The molecule has 1 heterocycles. The highest BCUT2D eigenvalue weighted by Crippen LogP contribution is 2.36. The molecule has 1 aliphatic rings. The number of morpholine rings is 1. The molecule has 1 saturated heterocycles. The van der Waals surface area contributed by atoms with Crippen LogP contribution in [0.4, 0.5) is 30.2 Å². The molecular weight excluding hydrogens is 423 g/mol. The maximum absolute atomic E-state index is 13.1. The zero-order valence-corrected chi connectivity index (χ0v) is 16.5. The third-order valence-electron chi connectivity index (χ3n) is 4.37. The monoisotopic (exact) mass is 441 g/mol. The van der Waals surface area contributed by atoms with Crippen molar-refractivity contribution in [3.63, 3.8) is 0 Å². The van der Waals surface area contributed by atoms with Crippen molar-refractivity contribution in [2.45, 2.75) is 11.1 Å². The number of ether oxygens (including phenoxy) is 1. The highest BCUT2D eigenvalue weighted by molar-refractivity contribution is 8.00. The summed E-state index contributed by atoms with van der Waals surface area (Å²) in [6, 6.07) is 8.95. The first kappa shape index (κ1) is 21.9. The van der Waals surface area contributed by atoms with Crippen molar-refractivity contribution in [2.24, 2.45) is 0 Å². The number of nitrogens with one attached hydrogen (secondary N) is 1. The number of thioether (sulfide) groups is 1. The number of alkyl halides is 3. The largest absolute Gasteiger partial charge is 0.416 e. The molecule has 0 aromatic heterocycles. The lowest BCUT2D eigenvalue weighted by Gasteiger charge is -2.31. The number of amides is 1. The van der Waals surface area contributed by atoms with Crippen LogP contribution in [0, 0.1) is 10.1 Å². The Labute approximate surface area is 174 Å². The molecule has 2 aromatic carbocycles. The van der Waals surface area contributed by atoms with E-state index in [9.17, 15) is 28.1 Å². The van der Waals surface area contributed by atoms with Crippen molar-refractivity contribution >= 4 is 34.7 Å². The van der Waals surface area contributed by atoms with Gasteiger partial charge in [-0.3, -0.25) is 14.9 Å². The van der Waals surface area contributed by atoms with Gasteiger partial charge in [0.1, 0.15) is 0 Å². The zero-order valence-electron chi connectivity index (χ0n) is 15.6. The number of nitrogens with zero attached hydrogens (tertiary/aromatic N) is 2. The summed E-state index contributed by atoms with van der Waals surface area (Å²) in [6.45, 7) is 1.91. The van der Waals surface area contributed by atoms with Crippen LogP contribution in [0.15, 0.2) is 47.4 Å². The van der Waals surface area contributed by atoms with E-state index in [0.29, 0.717) is 36.9 Å². The van der Waals surface area contributed by atoms with Gasteiger partial charge < -0.3 is 15.0 Å². The molecule has 3 rings (SSSR count). The highest BCUT2D eigenvalue weighted by Gasteiger charge is 2.32. The third kappa shape index (κ3) is 5.63. The lowest BCUT2D eigenvalue weighted by atomic mass is 10.1. The van der Waals surface area contributed by atoms with E-state index in [1.165, 1.54) is 30.3 Å². The first-order valence-corrected chi connectivity index (χ1v) is 9.93. The van der Waals surface area contributed by atoms with Gasteiger partial charge in [0.05, 0.1) is 40.8 Å². The molecule has 0 unspecified atom stereocenters. The molecule has 1 amide bonds. The van der Waals surface area contributed by atoms with Crippen molar-refractivity contribution in [3.05, 3.63) is 58.1 Å². The Morgan fingerprint density at radius 1 is 1.17 bits per heavy atom. The number of nitro groups is 1. The van der Waals surface area contributed by atoms with Gasteiger partial charge in [-0.05, 0) is 30.3 Å². The summed E-state index contributed by atoms with van der Waals surface area (Å²) in [6.07, 6.45) is -4.53. The van der Waals surface area contributed by atoms with Gasteiger partial charge in [0.25, 0.3) is 5.69 Å². The number of hydrogen-bond donors (Lipinski definition) is 1. The minimum absolute atomic E-state index is 0.0589. The van der Waals surface area contributed by atoms with Gasteiger partial charge >= 0.3 is 6.18 Å². The van der Waals surface area contributed by atoms with E-state index in [-0.39, 0.29) is 17.1 Å². The van der Waals surface area contributed by atoms with Crippen LogP contribution in [0.1, 0.15) is 5.56 Å². The molecule has 0 aliphatic carbocycles. The average Bonchev–Trinajstić information content (AvgIpc) is 2.72. The summed E-state index contributed by atoms with van der Waals surface area (Å²) < 4.78 is 44.7. The molecule has 0 bridgehead atoms. The van der Waals surface area contributed by atoms with E-state index in [4.69, 9.17) is 4.74 Å². The van der Waals surface area contributed by atoms with Crippen LogP contribution >= 0.6 is 11.8 Å². The molecule has 160 valence electrons. The van der Waals surface area contributed by atoms with E-state index >= 15 is 0 Å². The quantitative estimate of drug-likeness (QED) is 0.411. The Balaban J connectivity index is 1.72. The van der Waals surface area contributed by atoms with Gasteiger partial charge in [-0.15, -0.1) is 11.8 Å². The first-order chi connectivity index (χ1) is 14.2. The number of anilines is 2. The van der Waals surface area contributed by atoms with E-state index in [2.05, 4.69) is 5.32 Å². The number of non-ortho nitro benzene ring substituents is 1. The molecule has 1 fully saturated rings. The fraction of sp³-hybridized carbons (Fsp3) is 0.316. The average molecular weight is 441 g/mol. The van der Waals surface area contributed by atoms with Gasteiger partial charge in [0.2, 0.25) is 5.91 Å². The summed E-state index contributed by atoms with van der Waals surface area (Å²) in [5.41, 5.74) is -0.332. The summed E-state index contributed by atoms with van der Waals surface area (Å²) in [7, 11) is 0. The summed E-state index contributed by atoms with van der Waals surface area (Å²) in [4.78, 5) is 25.0. The number of nitro benzene ring substituents is 1. The molecule has 30 heavy (non-hydrogen) atoms. The van der Waals surface area contributed by atoms with E-state index < -0.39 is 22.6 Å². The van der Waals surface area contributed by atoms with Crippen molar-refractivity contribution < 1.29 is 27.6 Å². The topological polar surface area (TPSA) is 84.7 Å². The molecular formula is C19H18F3N3O4S. The van der Waals surface area contributed by atoms with Gasteiger partial charge in [-0.25, -0.2) is 0 Å². The fourth-order valence-electron chi connectivity index (χ4n) is 2.89. The number of hydrogen-bond acceptors (Lipinski definition) is 6. The molecule has 11 heteroatoms. The van der Waals surface area contributed by atoms with Gasteiger partial charge in [-0.1, -0.05) is 0 Å². The Morgan fingerprint density at radius 2 is 1.83 bits per heavy atom. The number of carbonyl (C=O) groups excluding carboxylic acids is 1. The highest BCUT2D eigenvalue weighted by atomic mass is 32.2. The van der Waals surface area contributed by atoms with Crippen LogP contribution in [-0.2, 0) is 15.7 Å². The predicted octanol–water partition coefficient (Wildman–Crippen LogP) is 4.18. The van der Waals surface area contributed by atoms with Crippen LogP contribution in [-0.4, -0.2) is 42.9 Å². The molecule has 0 radical (unpaired) electrons. The van der Waals surface area contributed by atoms with Crippen LogP contribution in [0.5, 0.6) is 0 Å². The van der Waals surface area contributed by atoms with Crippen LogP contribution in [0.2, 0.25) is 0 Å². The molecule has 0 atom stereocenters. The Bertz CT molecular complexity index is 916. The number of rotatable bonds is 6. The van der Waals surface area contributed by atoms with Crippen molar-refractivity contribution in [1.29, 1.82) is 0 Å². The molecule has 0 spiro atoms. The standard InChI is InChI=1S/C19H18F3N3O4S/c20-19(21,22)13-1-6-17(24-7-9-29-10-8-24)16(11-13)23-18(26)12-30-15-4-2-14(3-5-15)25(27)28/h1-6,11H,7-10,12H2,(H,23,26). The predicted molar refractivity (Wildman–Crippen MR) is 107 cm³/mol. The van der Waals surface area contributed by atoms with Crippen LogP contribution < -0.4 is 10.2 Å². The van der Waals surface area contributed by atoms with Gasteiger partial charge in [0, 0.05) is 30.1 Å². The number of benzene rings is 2. The lowest BCUT2D eigenvalue weighted by Crippen LogP contribution is -2.37. The second-order valence-electron chi connectivity index (χ2n) is 6.42. The van der Waals surface area contributed by atoms with Crippen molar-refractivity contribution in [3.8, 4) is 0 Å². The van der Waals surface area contributed by atoms with Crippen molar-refractivity contribution in [1.82, 2.24) is 0 Å². The Morgan fingerprint density at radius 3 is 2.43 bits per heavy atom. The maximum Gasteiger partial charge on any atom is 0.416 e. The Kier molecular flexibility index (Phi) is 6.83. The summed E-state index contributed by atoms with van der Waals surface area (Å²) >= 11 is 1.13. The van der Waals surface area contributed by atoms with Gasteiger partial charge in [-0.2, -0.15) is 13.2 Å². The summed E-state index contributed by atoms with van der Waals surface area (Å²) in [5.74, 6) is -0.538. The minimum Gasteiger partial charge on any atom is -0.378 e. The zero-order chi connectivity index (χ0) is 21.7. The third-order valence-corrected chi connectivity index (χ3v) is 5.38. The maximum atomic E-state index is 13.1. The van der Waals surface area contributed by atoms with E-state index in [0.717, 1.165) is 23.9 Å². The SMILES string of the molecule is O=C(CSc1ccc([N+](=O)[O-])cc1)Nc1cc(C(F)(F)F)ccc1N1CCOCC1. The van der Waals surface area contributed by atoms with E-state index in [1.54, 1.807) is 0 Å². The molecule has 0 saturated carbocycles. The summed E-state index contributed by atoms with van der Waals surface area (Å²) in [5, 5.41) is 13.3. The first-order valence-electron chi connectivity index (χ1n) is 8.95. The molecule has 1 aliphatic heterocycles. The second kappa shape index (κ2) is 9.35. The van der Waals surface area contributed by atoms with E-state index in [1.807, 2.05) is 4.90 Å². The van der Waals surface area contributed by atoms with Crippen LogP contribution in [0.3, 0.4) is 0 Å². The Hall–Kier alpha value is -2.79.